The maximum atomic E-state index is 12.3. The molecule has 0 aliphatic carbocycles. The van der Waals surface area contributed by atoms with E-state index in [9.17, 15) is 19.7 Å². The van der Waals surface area contributed by atoms with Gasteiger partial charge < -0.3 is 24.0 Å². The van der Waals surface area contributed by atoms with Gasteiger partial charge in [-0.1, -0.05) is 0 Å². The molecule has 0 spiro atoms. The molecule has 1 aliphatic rings. The second-order valence-electron chi connectivity index (χ2n) is 7.08. The Balaban J connectivity index is 1.34. The van der Waals surface area contributed by atoms with E-state index in [-0.39, 0.29) is 31.2 Å². The summed E-state index contributed by atoms with van der Waals surface area (Å²) in [6.45, 7) is 1.98. The van der Waals surface area contributed by atoms with Gasteiger partial charge in [0.1, 0.15) is 11.5 Å². The maximum Gasteiger partial charge on any atom is 0.309 e. The third-order valence-electron chi connectivity index (χ3n) is 5.05. The number of amides is 1. The standard InChI is InChI=1S/C22H25N3O7/c1-30-19-6-8-20(9-7-19)31-15-10-22(27)32-16-21(26)24-13-11-23(12-14-24)17-2-4-18(5-3-17)25(28)29/h2-9H,10-16H2,1H3. The molecule has 2 aromatic rings. The highest BCUT2D eigenvalue weighted by atomic mass is 16.6. The summed E-state index contributed by atoms with van der Waals surface area (Å²) in [6.07, 6.45) is 0.0350. The zero-order valence-corrected chi connectivity index (χ0v) is 17.8. The fourth-order valence-corrected chi connectivity index (χ4v) is 3.23. The molecule has 1 aliphatic heterocycles. The summed E-state index contributed by atoms with van der Waals surface area (Å²) in [5.74, 6) is 0.568. The predicted molar refractivity (Wildman–Crippen MR) is 116 cm³/mol. The van der Waals surface area contributed by atoms with Crippen molar-refractivity contribution in [3.8, 4) is 11.5 Å². The Labute approximate surface area is 185 Å². The summed E-state index contributed by atoms with van der Waals surface area (Å²) in [6, 6.07) is 13.3. The van der Waals surface area contributed by atoms with E-state index < -0.39 is 10.9 Å². The number of piperazine rings is 1. The summed E-state index contributed by atoms with van der Waals surface area (Å²) in [5, 5.41) is 10.8. The number of nitro groups is 1. The molecule has 1 saturated heterocycles. The number of esters is 1. The van der Waals surface area contributed by atoms with Crippen LogP contribution in [0.2, 0.25) is 0 Å². The third kappa shape index (κ3) is 6.34. The van der Waals surface area contributed by atoms with Crippen LogP contribution in [0.4, 0.5) is 11.4 Å². The molecular formula is C22H25N3O7. The van der Waals surface area contributed by atoms with Crippen LogP contribution in [-0.2, 0) is 14.3 Å². The Hall–Kier alpha value is -3.82. The molecule has 1 fully saturated rings. The van der Waals surface area contributed by atoms with Gasteiger partial charge in [0.05, 0.1) is 25.1 Å². The van der Waals surface area contributed by atoms with Crippen molar-refractivity contribution in [3.63, 3.8) is 0 Å². The highest BCUT2D eigenvalue weighted by molar-refractivity contribution is 5.81. The fraction of sp³-hybridized carbons (Fsp3) is 0.364. The molecule has 1 amide bonds. The van der Waals surface area contributed by atoms with E-state index in [1.165, 1.54) is 12.1 Å². The highest BCUT2D eigenvalue weighted by Gasteiger charge is 2.22. The number of methoxy groups -OCH3 is 1. The van der Waals surface area contributed by atoms with Crippen LogP contribution < -0.4 is 14.4 Å². The molecule has 0 bridgehead atoms. The lowest BCUT2D eigenvalue weighted by atomic mass is 10.2. The number of benzene rings is 2. The first-order chi connectivity index (χ1) is 15.5. The first-order valence-corrected chi connectivity index (χ1v) is 10.2. The molecule has 0 saturated carbocycles. The van der Waals surface area contributed by atoms with Crippen molar-refractivity contribution >= 4 is 23.3 Å². The Bertz CT molecular complexity index is 924. The second-order valence-corrected chi connectivity index (χ2v) is 7.08. The van der Waals surface area contributed by atoms with Crippen LogP contribution in [0.1, 0.15) is 6.42 Å². The Morgan fingerprint density at radius 1 is 0.969 bits per heavy atom. The van der Waals surface area contributed by atoms with Crippen LogP contribution in [0.3, 0.4) is 0 Å². The Kier molecular flexibility index (Phi) is 7.85. The number of carbonyl (C=O) groups is 2. The largest absolute Gasteiger partial charge is 0.497 e. The maximum absolute atomic E-state index is 12.3. The first kappa shape index (κ1) is 22.9. The number of ether oxygens (including phenoxy) is 3. The predicted octanol–water partition coefficient (Wildman–Crippen LogP) is 2.26. The Morgan fingerprint density at radius 2 is 1.59 bits per heavy atom. The van der Waals surface area contributed by atoms with Crippen molar-refractivity contribution in [1.82, 2.24) is 4.90 Å². The highest BCUT2D eigenvalue weighted by Crippen LogP contribution is 2.21. The topological polar surface area (TPSA) is 111 Å². The summed E-state index contributed by atoms with van der Waals surface area (Å²) < 4.78 is 15.6. The molecule has 0 unspecified atom stereocenters. The molecule has 2 aromatic carbocycles. The van der Waals surface area contributed by atoms with Gasteiger partial charge in [-0.15, -0.1) is 0 Å². The van der Waals surface area contributed by atoms with Crippen LogP contribution in [0.25, 0.3) is 0 Å². The lowest BCUT2D eigenvalue weighted by Gasteiger charge is -2.36. The van der Waals surface area contributed by atoms with Crippen LogP contribution >= 0.6 is 0 Å². The quantitative estimate of drug-likeness (QED) is 0.330. The van der Waals surface area contributed by atoms with Gasteiger partial charge in [0, 0.05) is 44.0 Å². The molecule has 0 aromatic heterocycles. The average Bonchev–Trinajstić information content (AvgIpc) is 2.83. The zero-order valence-electron chi connectivity index (χ0n) is 17.8. The fourth-order valence-electron chi connectivity index (χ4n) is 3.23. The number of carbonyl (C=O) groups excluding carboxylic acids is 2. The summed E-state index contributed by atoms with van der Waals surface area (Å²) in [4.78, 5) is 38.2. The van der Waals surface area contributed by atoms with E-state index in [0.717, 1.165) is 5.69 Å². The van der Waals surface area contributed by atoms with E-state index >= 15 is 0 Å². The molecule has 10 nitrogen and oxygen atoms in total. The van der Waals surface area contributed by atoms with E-state index in [0.29, 0.717) is 37.7 Å². The third-order valence-corrected chi connectivity index (χ3v) is 5.05. The van der Waals surface area contributed by atoms with Gasteiger partial charge in [-0.05, 0) is 36.4 Å². The number of hydrogen-bond acceptors (Lipinski definition) is 8. The van der Waals surface area contributed by atoms with Crippen molar-refractivity contribution < 1.29 is 28.7 Å². The van der Waals surface area contributed by atoms with Gasteiger partial charge in [-0.3, -0.25) is 19.7 Å². The molecule has 0 atom stereocenters. The number of nitrogens with zero attached hydrogens (tertiary/aromatic N) is 3. The molecule has 32 heavy (non-hydrogen) atoms. The minimum absolute atomic E-state index is 0.0350. The van der Waals surface area contributed by atoms with Crippen LogP contribution in [0.15, 0.2) is 48.5 Å². The lowest BCUT2D eigenvalue weighted by Crippen LogP contribution is -2.49. The summed E-state index contributed by atoms with van der Waals surface area (Å²) in [5.41, 5.74) is 0.907. The van der Waals surface area contributed by atoms with Crippen molar-refractivity contribution in [2.75, 3.05) is 51.4 Å². The molecule has 1 heterocycles. The minimum Gasteiger partial charge on any atom is -0.497 e. The number of rotatable bonds is 9. The number of anilines is 1. The molecule has 10 heteroatoms. The van der Waals surface area contributed by atoms with Crippen LogP contribution in [0, 0.1) is 10.1 Å². The van der Waals surface area contributed by atoms with E-state index in [1.807, 2.05) is 0 Å². The number of hydrogen-bond donors (Lipinski definition) is 0. The normalized spacial score (nSPS) is 13.4. The Morgan fingerprint density at radius 3 is 2.19 bits per heavy atom. The van der Waals surface area contributed by atoms with Crippen molar-refractivity contribution in [1.29, 1.82) is 0 Å². The van der Waals surface area contributed by atoms with E-state index in [1.54, 1.807) is 48.4 Å². The van der Waals surface area contributed by atoms with Gasteiger partial charge in [0.25, 0.3) is 11.6 Å². The van der Waals surface area contributed by atoms with E-state index in [2.05, 4.69) is 4.90 Å². The van der Waals surface area contributed by atoms with Crippen LogP contribution in [-0.4, -0.2) is 68.2 Å². The summed E-state index contributed by atoms with van der Waals surface area (Å²) >= 11 is 0. The average molecular weight is 443 g/mol. The van der Waals surface area contributed by atoms with Crippen molar-refractivity contribution in [2.45, 2.75) is 6.42 Å². The van der Waals surface area contributed by atoms with Gasteiger partial charge in [0.2, 0.25) is 0 Å². The first-order valence-electron chi connectivity index (χ1n) is 10.2. The molecule has 0 N–H and O–H groups in total. The molecule has 170 valence electrons. The minimum atomic E-state index is -0.503. The van der Waals surface area contributed by atoms with Crippen LogP contribution in [0.5, 0.6) is 11.5 Å². The smallest absolute Gasteiger partial charge is 0.309 e. The number of nitro benzene ring substituents is 1. The molecule has 0 radical (unpaired) electrons. The van der Waals surface area contributed by atoms with Crippen molar-refractivity contribution in [2.24, 2.45) is 0 Å². The molecular weight excluding hydrogens is 418 g/mol. The van der Waals surface area contributed by atoms with Gasteiger partial charge in [0.15, 0.2) is 6.61 Å². The molecule has 3 rings (SSSR count). The SMILES string of the molecule is COc1ccc(OCCC(=O)OCC(=O)N2CCN(c3ccc([N+](=O)[O-])cc3)CC2)cc1. The van der Waals surface area contributed by atoms with Gasteiger partial charge in [-0.25, -0.2) is 0 Å². The lowest BCUT2D eigenvalue weighted by molar-refractivity contribution is -0.384. The zero-order chi connectivity index (χ0) is 22.9. The summed E-state index contributed by atoms with van der Waals surface area (Å²) in [7, 11) is 1.58. The second kappa shape index (κ2) is 11.0. The van der Waals surface area contributed by atoms with Crippen molar-refractivity contribution in [3.05, 3.63) is 58.6 Å². The van der Waals surface area contributed by atoms with E-state index in [4.69, 9.17) is 14.2 Å². The van der Waals surface area contributed by atoms with Gasteiger partial charge in [-0.2, -0.15) is 0 Å². The monoisotopic (exact) mass is 443 g/mol. The number of non-ortho nitro benzene ring substituents is 1. The van der Waals surface area contributed by atoms with Gasteiger partial charge >= 0.3 is 5.97 Å².